The van der Waals surface area contributed by atoms with E-state index >= 15 is 0 Å². The molecule has 0 radical (unpaired) electrons. The molecule has 0 saturated carbocycles. The van der Waals surface area contributed by atoms with Crippen LogP contribution in [-0.2, 0) is 11.4 Å². The summed E-state index contributed by atoms with van der Waals surface area (Å²) in [5.74, 6) is 0.526. The van der Waals surface area contributed by atoms with Crippen LogP contribution in [0.25, 0.3) is 6.08 Å². The Morgan fingerprint density at radius 1 is 1.35 bits per heavy atom. The zero-order valence-electron chi connectivity index (χ0n) is 14.2. The molecule has 1 amide bonds. The summed E-state index contributed by atoms with van der Waals surface area (Å²) in [6.07, 6.45) is 1.75. The highest BCUT2D eigenvalue weighted by molar-refractivity contribution is 8.26. The number of thioether (sulfide) groups is 1. The van der Waals surface area contributed by atoms with Crippen molar-refractivity contribution in [2.45, 2.75) is 6.61 Å². The van der Waals surface area contributed by atoms with Crippen molar-refractivity contribution < 1.29 is 18.7 Å². The smallest absolute Gasteiger partial charge is 0.263 e. The van der Waals surface area contributed by atoms with Gasteiger partial charge in [-0.05, 0) is 29.2 Å². The van der Waals surface area contributed by atoms with Crippen LogP contribution in [0.5, 0.6) is 11.5 Å². The predicted molar refractivity (Wildman–Crippen MR) is 108 cm³/mol. The standard InChI is InChI=1S/C18H15BFNO3S2/c1-23-14-7-10(8-15-17(22)21-18(25)26-15)6-12(19)16(14)24-9-11-4-2-3-5-13(11)20/h2-8H,9,19H2,1H3,(H,21,22,25)/b15-8+. The third-order valence-electron chi connectivity index (χ3n) is 3.75. The summed E-state index contributed by atoms with van der Waals surface area (Å²) >= 11 is 6.21. The number of rotatable bonds is 5. The summed E-state index contributed by atoms with van der Waals surface area (Å²) in [6.45, 7) is 0.0941. The maximum atomic E-state index is 13.8. The summed E-state index contributed by atoms with van der Waals surface area (Å²) in [6, 6.07) is 10.1. The first kappa shape index (κ1) is 18.5. The van der Waals surface area contributed by atoms with E-state index in [2.05, 4.69) is 5.32 Å². The van der Waals surface area contributed by atoms with Gasteiger partial charge in [0.25, 0.3) is 5.91 Å². The van der Waals surface area contributed by atoms with Crippen LogP contribution in [0, 0.1) is 5.82 Å². The van der Waals surface area contributed by atoms with Crippen LogP contribution >= 0.6 is 24.0 Å². The van der Waals surface area contributed by atoms with Gasteiger partial charge in [0.05, 0.1) is 12.0 Å². The van der Waals surface area contributed by atoms with Gasteiger partial charge in [-0.15, -0.1) is 0 Å². The average Bonchev–Trinajstić information content (AvgIpc) is 2.92. The van der Waals surface area contributed by atoms with Gasteiger partial charge in [-0.3, -0.25) is 4.79 Å². The first-order valence-corrected chi connectivity index (χ1v) is 9.00. The molecule has 0 unspecified atom stereocenters. The van der Waals surface area contributed by atoms with Crippen LogP contribution in [-0.4, -0.2) is 25.2 Å². The van der Waals surface area contributed by atoms with Gasteiger partial charge in [0, 0.05) is 5.56 Å². The monoisotopic (exact) mass is 387 g/mol. The number of carbonyl (C=O) groups is 1. The predicted octanol–water partition coefficient (Wildman–Crippen LogP) is 2.16. The molecule has 132 valence electrons. The van der Waals surface area contributed by atoms with Crippen molar-refractivity contribution >= 4 is 53.6 Å². The molecular formula is C18H15BFNO3S2. The number of halogens is 1. The van der Waals surface area contributed by atoms with Gasteiger partial charge < -0.3 is 14.8 Å². The van der Waals surface area contributed by atoms with Crippen LogP contribution in [0.15, 0.2) is 41.3 Å². The summed E-state index contributed by atoms with van der Waals surface area (Å²) in [7, 11) is 3.40. The van der Waals surface area contributed by atoms with E-state index in [1.165, 1.54) is 24.9 Å². The molecule has 0 spiro atoms. The maximum absolute atomic E-state index is 13.8. The van der Waals surface area contributed by atoms with Crippen molar-refractivity contribution in [3.05, 3.63) is 58.2 Å². The first-order chi connectivity index (χ1) is 12.5. The van der Waals surface area contributed by atoms with Gasteiger partial charge in [-0.1, -0.05) is 48.2 Å². The van der Waals surface area contributed by atoms with Gasteiger partial charge in [0.15, 0.2) is 11.5 Å². The second-order valence-corrected chi connectivity index (χ2v) is 7.32. The lowest BCUT2D eigenvalue weighted by Crippen LogP contribution is -2.17. The first-order valence-electron chi connectivity index (χ1n) is 7.77. The molecule has 1 fully saturated rings. The van der Waals surface area contributed by atoms with Crippen LogP contribution in [0.1, 0.15) is 11.1 Å². The Hall–Kier alpha value is -2.32. The molecule has 8 heteroatoms. The highest BCUT2D eigenvalue weighted by Gasteiger charge is 2.22. The third kappa shape index (κ3) is 4.08. The number of hydrogen-bond acceptors (Lipinski definition) is 5. The number of amides is 1. The molecule has 0 aliphatic carbocycles. The average molecular weight is 387 g/mol. The van der Waals surface area contributed by atoms with Crippen LogP contribution in [0.4, 0.5) is 4.39 Å². The van der Waals surface area contributed by atoms with E-state index in [-0.39, 0.29) is 18.3 Å². The lowest BCUT2D eigenvalue weighted by Gasteiger charge is -2.15. The van der Waals surface area contributed by atoms with Crippen molar-refractivity contribution in [2.75, 3.05) is 7.11 Å². The van der Waals surface area contributed by atoms with E-state index in [4.69, 9.17) is 21.7 Å². The second-order valence-electron chi connectivity index (χ2n) is 5.60. The topological polar surface area (TPSA) is 47.6 Å². The van der Waals surface area contributed by atoms with E-state index in [9.17, 15) is 9.18 Å². The van der Waals surface area contributed by atoms with Gasteiger partial charge in [-0.2, -0.15) is 0 Å². The minimum absolute atomic E-state index is 0.0941. The Kier molecular flexibility index (Phi) is 5.63. The molecule has 2 aromatic carbocycles. The van der Waals surface area contributed by atoms with E-state index < -0.39 is 0 Å². The molecule has 1 N–H and O–H groups in total. The molecule has 26 heavy (non-hydrogen) atoms. The molecular weight excluding hydrogens is 372 g/mol. The van der Waals surface area contributed by atoms with Crippen molar-refractivity contribution in [1.82, 2.24) is 5.32 Å². The molecule has 1 saturated heterocycles. The quantitative estimate of drug-likeness (QED) is 0.484. The number of hydrogen-bond donors (Lipinski definition) is 1. The molecule has 0 aromatic heterocycles. The van der Waals surface area contributed by atoms with E-state index in [1.807, 2.05) is 13.9 Å². The Balaban J connectivity index is 1.86. The Bertz CT molecular complexity index is 917. The Morgan fingerprint density at radius 2 is 2.12 bits per heavy atom. The van der Waals surface area contributed by atoms with E-state index in [1.54, 1.807) is 30.3 Å². The minimum atomic E-state index is -0.314. The normalized spacial score (nSPS) is 15.2. The summed E-state index contributed by atoms with van der Waals surface area (Å²) in [5, 5.41) is 2.58. The van der Waals surface area contributed by atoms with E-state index in [0.717, 1.165) is 11.0 Å². The number of benzene rings is 2. The molecule has 2 aromatic rings. The van der Waals surface area contributed by atoms with Gasteiger partial charge in [0.1, 0.15) is 24.6 Å². The number of ether oxygens (including phenoxy) is 2. The fraction of sp³-hybridized carbons (Fsp3) is 0.111. The van der Waals surface area contributed by atoms with E-state index in [0.29, 0.717) is 26.3 Å². The third-order valence-corrected chi connectivity index (χ3v) is 4.92. The highest BCUT2D eigenvalue weighted by atomic mass is 32.2. The van der Waals surface area contributed by atoms with Crippen LogP contribution < -0.4 is 20.3 Å². The van der Waals surface area contributed by atoms with Crippen molar-refractivity contribution in [3.63, 3.8) is 0 Å². The van der Waals surface area contributed by atoms with Crippen LogP contribution in [0.2, 0.25) is 0 Å². The molecule has 1 aliphatic heterocycles. The molecule has 0 atom stereocenters. The maximum Gasteiger partial charge on any atom is 0.263 e. The zero-order valence-corrected chi connectivity index (χ0v) is 15.8. The van der Waals surface area contributed by atoms with Gasteiger partial charge in [-0.25, -0.2) is 4.39 Å². The zero-order chi connectivity index (χ0) is 18.7. The lowest BCUT2D eigenvalue weighted by atomic mass is 9.92. The summed E-state index contributed by atoms with van der Waals surface area (Å²) < 4.78 is 25.4. The molecule has 3 rings (SSSR count). The van der Waals surface area contributed by atoms with Gasteiger partial charge in [0.2, 0.25) is 0 Å². The Morgan fingerprint density at radius 3 is 2.77 bits per heavy atom. The van der Waals surface area contributed by atoms with Crippen molar-refractivity contribution in [3.8, 4) is 11.5 Å². The molecule has 1 heterocycles. The minimum Gasteiger partial charge on any atom is -0.493 e. The largest absolute Gasteiger partial charge is 0.493 e. The lowest BCUT2D eigenvalue weighted by molar-refractivity contribution is -0.115. The van der Waals surface area contributed by atoms with Crippen LogP contribution in [0.3, 0.4) is 0 Å². The number of carbonyl (C=O) groups excluding carboxylic acids is 1. The molecule has 0 bridgehead atoms. The number of nitrogens with one attached hydrogen (secondary N) is 1. The molecule has 1 aliphatic rings. The van der Waals surface area contributed by atoms with Gasteiger partial charge >= 0.3 is 0 Å². The Labute approximate surface area is 161 Å². The number of thiocarbonyl (C=S) groups is 1. The SMILES string of the molecule is Bc1cc(/C=C2/SC(=S)NC2=O)cc(OC)c1OCc1ccccc1F. The molecule has 4 nitrogen and oxygen atoms in total. The highest BCUT2D eigenvalue weighted by Crippen LogP contribution is 2.30. The fourth-order valence-electron chi connectivity index (χ4n) is 2.53. The van der Waals surface area contributed by atoms with Crippen molar-refractivity contribution in [1.29, 1.82) is 0 Å². The number of methoxy groups -OCH3 is 1. The fourth-order valence-corrected chi connectivity index (χ4v) is 3.57. The second kappa shape index (κ2) is 7.93. The van der Waals surface area contributed by atoms with Crippen molar-refractivity contribution in [2.24, 2.45) is 0 Å². The summed E-state index contributed by atoms with van der Waals surface area (Å²) in [5.41, 5.74) is 2.08. The summed E-state index contributed by atoms with van der Waals surface area (Å²) in [4.78, 5) is 12.3.